The van der Waals surface area contributed by atoms with Gasteiger partial charge in [0.05, 0.1) is 13.4 Å². The third kappa shape index (κ3) is 7.86. The highest BCUT2D eigenvalue weighted by Gasteiger charge is 2.54. The summed E-state index contributed by atoms with van der Waals surface area (Å²) in [5.41, 5.74) is 5.39. The van der Waals surface area contributed by atoms with Crippen LogP contribution in [-0.4, -0.2) is 85.3 Å². The van der Waals surface area contributed by atoms with Gasteiger partial charge in [0.15, 0.2) is 29.2 Å². The topological polar surface area (TPSA) is 209 Å². The minimum atomic E-state index is -2.78. The second-order valence-corrected chi connectivity index (χ2v) is 13.7. The van der Waals surface area contributed by atoms with E-state index in [1.807, 2.05) is 48.7 Å². The van der Waals surface area contributed by atoms with Gasteiger partial charge in [0.25, 0.3) is 0 Å². The Hall–Kier alpha value is -4.57. The number of carbonyl (C=O) groups excluding carboxylic acids is 1. The number of anilines is 1. The zero-order valence-corrected chi connectivity index (χ0v) is 29.7. The number of aromatic nitrogens is 4. The predicted molar refractivity (Wildman–Crippen MR) is 189 cm³/mol. The lowest BCUT2D eigenvalue weighted by atomic mass is 9.96. The van der Waals surface area contributed by atoms with Crippen molar-refractivity contribution in [2.45, 2.75) is 50.0 Å². The van der Waals surface area contributed by atoms with Crippen LogP contribution in [0.5, 0.6) is 17.4 Å². The minimum Gasteiger partial charge on any atom is -0.575 e. The number of esters is 1. The van der Waals surface area contributed by atoms with Crippen molar-refractivity contribution >= 4 is 53.8 Å². The number of rotatable bonds is 14. The van der Waals surface area contributed by atoms with Crippen LogP contribution in [0.25, 0.3) is 21.9 Å². The van der Waals surface area contributed by atoms with Crippen LogP contribution >= 0.6 is 19.9 Å². The third-order valence-corrected chi connectivity index (χ3v) is 9.80. The summed E-state index contributed by atoms with van der Waals surface area (Å²) in [7, 11) is -1.36. The first kappa shape index (κ1) is 36.2. The molecule has 5 aromatic rings. The zero-order valence-electron chi connectivity index (χ0n) is 28.0. The second-order valence-electron chi connectivity index (χ2n) is 11.9. The van der Waals surface area contributed by atoms with E-state index in [0.717, 1.165) is 10.9 Å². The first-order valence-corrected chi connectivity index (χ1v) is 18.4. The van der Waals surface area contributed by atoms with E-state index in [1.54, 1.807) is 24.3 Å². The van der Waals surface area contributed by atoms with Gasteiger partial charge >= 0.3 is 14.1 Å². The maximum absolute atomic E-state index is 13.5. The van der Waals surface area contributed by atoms with E-state index in [4.69, 9.17) is 29.2 Å². The van der Waals surface area contributed by atoms with Crippen LogP contribution in [0, 0.1) is 0 Å². The number of methoxy groups -OCH3 is 1. The number of fused-ring (bicyclic) bond motifs is 2. The van der Waals surface area contributed by atoms with Crippen molar-refractivity contribution in [1.82, 2.24) is 19.5 Å². The fourth-order valence-electron chi connectivity index (χ4n) is 5.69. The molecule has 0 bridgehead atoms. The number of nitrogens with two attached hydrogens (primary N) is 1. The predicted octanol–water partition coefficient (Wildman–Crippen LogP) is 3.76. The van der Waals surface area contributed by atoms with Crippen molar-refractivity contribution in [2.75, 3.05) is 31.5 Å². The number of aliphatic hydroxyl groups excluding tert-OH is 1. The second kappa shape index (κ2) is 15.8. The van der Waals surface area contributed by atoms with Gasteiger partial charge in [-0.3, -0.25) is 9.09 Å². The smallest absolute Gasteiger partial charge is 0.395 e. The summed E-state index contributed by atoms with van der Waals surface area (Å²) in [6.45, 7) is 1.23. The van der Waals surface area contributed by atoms with E-state index in [1.165, 1.54) is 36.7 Å². The molecule has 4 N–H and O–H groups in total. The van der Waals surface area contributed by atoms with Crippen LogP contribution in [0.3, 0.4) is 0 Å². The number of thioether (sulfide) groups is 1. The SMILES string of the molecule is COc1nc(N)nc2c1ncn2C1O[C@H](COc2ccc3ccccc3c2O[P+]([O-])=N[C@@H](CCSC)C(=O)OCc2ccccc2)[C@@H](O)[C@@]1(C)O. The van der Waals surface area contributed by atoms with Crippen molar-refractivity contribution in [3.8, 4) is 17.4 Å². The molecule has 1 aliphatic heterocycles. The van der Waals surface area contributed by atoms with Gasteiger partial charge in [-0.25, -0.2) is 9.78 Å². The molecule has 1 saturated heterocycles. The molecule has 17 heteroatoms. The van der Waals surface area contributed by atoms with Crippen LogP contribution < -0.4 is 24.6 Å². The summed E-state index contributed by atoms with van der Waals surface area (Å²) in [6.07, 6.45) is -0.0313. The molecule has 0 aliphatic carbocycles. The molecule has 0 saturated carbocycles. The highest BCUT2D eigenvalue weighted by atomic mass is 32.2. The van der Waals surface area contributed by atoms with Gasteiger partial charge in [0.2, 0.25) is 17.6 Å². The summed E-state index contributed by atoms with van der Waals surface area (Å²) in [5, 5.41) is 24.0. The molecule has 0 amide bonds. The number of carbonyl (C=O) groups is 1. The molecule has 0 spiro atoms. The highest BCUT2D eigenvalue weighted by molar-refractivity contribution is 7.98. The van der Waals surface area contributed by atoms with E-state index >= 15 is 0 Å². The fraction of sp³-hybridized carbons (Fsp3) is 0.353. The average molecular weight is 737 g/mol. The number of imidazole rings is 1. The van der Waals surface area contributed by atoms with Gasteiger partial charge in [-0.2, -0.15) is 21.7 Å². The first-order valence-electron chi connectivity index (χ1n) is 15.9. The monoisotopic (exact) mass is 736 g/mol. The molecule has 268 valence electrons. The van der Waals surface area contributed by atoms with Crippen LogP contribution in [0.1, 0.15) is 25.1 Å². The molecule has 3 heterocycles. The maximum atomic E-state index is 13.5. The lowest BCUT2D eigenvalue weighted by Gasteiger charge is -2.27. The van der Waals surface area contributed by atoms with Crippen LogP contribution in [0.2, 0.25) is 0 Å². The van der Waals surface area contributed by atoms with Gasteiger partial charge in [0.1, 0.15) is 31.0 Å². The lowest BCUT2D eigenvalue weighted by Crippen LogP contribution is -2.44. The molecule has 3 aromatic carbocycles. The number of hydrogen-bond donors (Lipinski definition) is 3. The van der Waals surface area contributed by atoms with E-state index < -0.39 is 44.2 Å². The Morgan fingerprint density at radius 1 is 1.18 bits per heavy atom. The van der Waals surface area contributed by atoms with E-state index in [2.05, 4.69) is 19.7 Å². The molecule has 6 rings (SSSR count). The van der Waals surface area contributed by atoms with E-state index in [9.17, 15) is 19.9 Å². The van der Waals surface area contributed by atoms with Crippen molar-refractivity contribution in [2.24, 2.45) is 4.74 Å². The molecule has 2 aromatic heterocycles. The van der Waals surface area contributed by atoms with Crippen molar-refractivity contribution < 1.29 is 43.4 Å². The Morgan fingerprint density at radius 3 is 2.71 bits per heavy atom. The van der Waals surface area contributed by atoms with Gasteiger partial charge < -0.3 is 39.8 Å². The molecule has 15 nitrogen and oxygen atoms in total. The van der Waals surface area contributed by atoms with Crippen LogP contribution in [-0.2, 0) is 20.9 Å². The van der Waals surface area contributed by atoms with Crippen molar-refractivity contribution in [1.29, 1.82) is 0 Å². The van der Waals surface area contributed by atoms with Gasteiger partial charge in [-0.05, 0) is 42.4 Å². The maximum Gasteiger partial charge on any atom is 0.395 e. The van der Waals surface area contributed by atoms with Crippen LogP contribution in [0.15, 0.2) is 77.8 Å². The van der Waals surface area contributed by atoms with E-state index in [0.29, 0.717) is 17.6 Å². The zero-order chi connectivity index (χ0) is 36.1. The molecule has 0 radical (unpaired) electrons. The summed E-state index contributed by atoms with van der Waals surface area (Å²) in [4.78, 5) is 39.1. The molecule has 6 atom stereocenters. The average Bonchev–Trinajstić information content (AvgIpc) is 3.65. The number of hydrogen-bond acceptors (Lipinski definition) is 15. The lowest BCUT2D eigenvalue weighted by molar-refractivity contribution is -0.170. The highest BCUT2D eigenvalue weighted by Crippen LogP contribution is 2.43. The Kier molecular flexibility index (Phi) is 11.2. The summed E-state index contributed by atoms with van der Waals surface area (Å²) < 4.78 is 34.6. The van der Waals surface area contributed by atoms with Gasteiger partial charge in [0, 0.05) is 5.39 Å². The summed E-state index contributed by atoms with van der Waals surface area (Å²) in [5.74, 6) is 0.334. The fourth-order valence-corrected chi connectivity index (χ4v) is 6.98. The quantitative estimate of drug-likeness (QED) is 0.110. The van der Waals surface area contributed by atoms with Crippen molar-refractivity contribution in [3.05, 3.63) is 78.6 Å². The van der Waals surface area contributed by atoms with Crippen molar-refractivity contribution in [3.63, 3.8) is 0 Å². The molecule has 1 fully saturated rings. The number of aliphatic hydroxyl groups is 2. The Labute approximate surface area is 298 Å². The number of nitrogen functional groups attached to an aromatic ring is 1. The normalized spacial score (nSPS) is 21.1. The molecule has 51 heavy (non-hydrogen) atoms. The summed E-state index contributed by atoms with van der Waals surface area (Å²) >= 11 is 1.52. The van der Waals surface area contributed by atoms with Crippen LogP contribution in [0.4, 0.5) is 5.95 Å². The summed E-state index contributed by atoms with van der Waals surface area (Å²) in [6, 6.07) is 18.9. The number of nitrogens with zero attached hydrogens (tertiary/aromatic N) is 5. The number of ether oxygens (including phenoxy) is 4. The Morgan fingerprint density at radius 2 is 1.94 bits per heavy atom. The standard InChI is InChI=1S/C34H37N6O9PS/c1-34(43)28(41)25(48-32(34)40-19-36-26-29(40)37-33(35)38-30(26)45-2)18-46-24-14-13-21-11-7-8-12-22(21)27(24)49-50(44)39-23(15-16-51-3)31(42)47-17-20-9-5-4-6-10-20/h4-14,19,23,25,28,32,41,43H,15-18H2,1-3H3,(H2,35,37,38)/t23-,25+,28+,32?,34+/m0/s1. The number of benzene rings is 3. The largest absolute Gasteiger partial charge is 0.575 e. The van der Waals surface area contributed by atoms with Gasteiger partial charge in [-0.1, -0.05) is 65.4 Å². The Bertz CT molecular complexity index is 2030. The van der Waals surface area contributed by atoms with Gasteiger partial charge in [-0.15, -0.1) is 0 Å². The third-order valence-electron chi connectivity index (χ3n) is 8.35. The minimum absolute atomic E-state index is 0.0553. The molecule has 2 unspecified atom stereocenters. The molecular formula is C34H37N6O9PS. The molecular weight excluding hydrogens is 699 g/mol. The first-order chi connectivity index (χ1) is 24.6. The van der Waals surface area contributed by atoms with E-state index in [-0.39, 0.29) is 47.7 Å². The Balaban J connectivity index is 1.22. The molecule has 1 aliphatic rings.